The maximum Gasteiger partial charge on any atom is 0.264 e. The minimum atomic E-state index is -3.62. The lowest BCUT2D eigenvalue weighted by atomic mass is 9.93. The van der Waals surface area contributed by atoms with Gasteiger partial charge in [0.15, 0.2) is 5.13 Å². The molecule has 0 unspecified atom stereocenters. The lowest BCUT2D eigenvalue weighted by molar-refractivity contribution is 0.573. The van der Waals surface area contributed by atoms with Gasteiger partial charge in [0, 0.05) is 22.2 Å². The van der Waals surface area contributed by atoms with Gasteiger partial charge in [0.2, 0.25) is 0 Å². The van der Waals surface area contributed by atoms with Crippen LogP contribution in [0.3, 0.4) is 0 Å². The molecule has 2 rings (SSSR count). The molecule has 0 aromatic carbocycles. The quantitative estimate of drug-likeness (QED) is 0.902. The topological polar surface area (TPSA) is 85.1 Å². The zero-order valence-electron chi connectivity index (χ0n) is 11.5. The van der Waals surface area contributed by atoms with Crippen LogP contribution >= 0.6 is 22.7 Å². The van der Waals surface area contributed by atoms with Gasteiger partial charge >= 0.3 is 0 Å². The van der Waals surface area contributed by atoms with Crippen molar-refractivity contribution in [2.75, 3.05) is 4.72 Å². The first-order valence-electron chi connectivity index (χ1n) is 5.99. The minimum absolute atomic E-state index is 0.106. The standard InChI is InChI=1S/C12H17N3O2S3/c1-12(2,3)10-7-19-11(14-10)15-20(16,17)9-4-5-18-8(9)6-13/h4-5,7H,6,13H2,1-3H3,(H,14,15). The summed E-state index contributed by atoms with van der Waals surface area (Å²) in [5.74, 6) is 0. The predicted octanol–water partition coefficient (Wildman–Crippen LogP) is 2.76. The number of nitrogens with two attached hydrogens (primary N) is 1. The summed E-state index contributed by atoms with van der Waals surface area (Å²) in [6, 6.07) is 1.56. The van der Waals surface area contributed by atoms with Gasteiger partial charge in [0.05, 0.1) is 5.69 Å². The summed E-state index contributed by atoms with van der Waals surface area (Å²) in [6.45, 7) is 6.31. The maximum atomic E-state index is 12.3. The molecule has 0 aliphatic carbocycles. The molecule has 0 amide bonds. The molecule has 20 heavy (non-hydrogen) atoms. The summed E-state index contributed by atoms with van der Waals surface area (Å²) in [4.78, 5) is 5.21. The molecule has 110 valence electrons. The number of nitrogens with one attached hydrogen (secondary N) is 1. The molecule has 2 aromatic heterocycles. The van der Waals surface area contributed by atoms with Crippen molar-refractivity contribution in [3.63, 3.8) is 0 Å². The Labute approximate surface area is 126 Å². The molecule has 0 radical (unpaired) electrons. The normalized spacial score (nSPS) is 12.6. The Morgan fingerprint density at radius 3 is 2.60 bits per heavy atom. The van der Waals surface area contributed by atoms with Gasteiger partial charge in [-0.05, 0) is 11.4 Å². The highest BCUT2D eigenvalue weighted by Crippen LogP contribution is 2.29. The lowest BCUT2D eigenvalue weighted by Crippen LogP contribution is -2.16. The summed E-state index contributed by atoms with van der Waals surface area (Å²) in [5.41, 5.74) is 6.31. The molecule has 2 aromatic rings. The van der Waals surface area contributed by atoms with Crippen molar-refractivity contribution in [2.24, 2.45) is 5.73 Å². The van der Waals surface area contributed by atoms with Crippen LogP contribution in [0.2, 0.25) is 0 Å². The second kappa shape index (κ2) is 5.44. The predicted molar refractivity (Wildman–Crippen MR) is 83.8 cm³/mol. The first-order chi connectivity index (χ1) is 9.24. The first-order valence-corrected chi connectivity index (χ1v) is 9.23. The largest absolute Gasteiger partial charge is 0.326 e. The van der Waals surface area contributed by atoms with E-state index >= 15 is 0 Å². The van der Waals surface area contributed by atoms with Crippen molar-refractivity contribution in [3.8, 4) is 0 Å². The van der Waals surface area contributed by atoms with E-state index < -0.39 is 10.0 Å². The van der Waals surface area contributed by atoms with Crippen LogP contribution in [0.5, 0.6) is 0 Å². The van der Waals surface area contributed by atoms with E-state index in [9.17, 15) is 8.42 Å². The van der Waals surface area contributed by atoms with Crippen LogP contribution < -0.4 is 10.5 Å². The van der Waals surface area contributed by atoms with Crippen LogP contribution in [-0.2, 0) is 22.0 Å². The summed E-state index contributed by atoms with van der Waals surface area (Å²) in [7, 11) is -3.62. The molecule has 0 bridgehead atoms. The third-order valence-electron chi connectivity index (χ3n) is 2.67. The molecule has 0 aliphatic rings. The first kappa shape index (κ1) is 15.4. The van der Waals surface area contributed by atoms with Crippen molar-refractivity contribution in [2.45, 2.75) is 37.6 Å². The van der Waals surface area contributed by atoms with Crippen molar-refractivity contribution in [1.29, 1.82) is 0 Å². The number of thiazole rings is 1. The van der Waals surface area contributed by atoms with Gasteiger partial charge in [-0.25, -0.2) is 13.4 Å². The fourth-order valence-corrected chi connectivity index (χ4v) is 5.08. The number of nitrogens with zero attached hydrogens (tertiary/aromatic N) is 1. The van der Waals surface area contributed by atoms with Crippen molar-refractivity contribution < 1.29 is 8.42 Å². The molecule has 8 heteroatoms. The molecule has 0 aliphatic heterocycles. The molecule has 0 saturated heterocycles. The number of sulfonamides is 1. The van der Waals surface area contributed by atoms with Crippen LogP contribution in [-0.4, -0.2) is 13.4 Å². The van der Waals surface area contributed by atoms with Crippen molar-refractivity contribution >= 4 is 37.8 Å². The van der Waals surface area contributed by atoms with Crippen molar-refractivity contribution in [3.05, 3.63) is 27.4 Å². The molecule has 0 atom stereocenters. The summed E-state index contributed by atoms with van der Waals surface area (Å²) in [6.07, 6.45) is 0. The van der Waals surface area contributed by atoms with Gasteiger partial charge in [-0.3, -0.25) is 4.72 Å². The second-order valence-corrected chi connectivity index (χ2v) is 8.82. The lowest BCUT2D eigenvalue weighted by Gasteiger charge is -2.14. The fourth-order valence-electron chi connectivity index (χ4n) is 1.55. The Hall–Kier alpha value is -0.960. The molecule has 0 saturated carbocycles. The average molecular weight is 331 g/mol. The van der Waals surface area contributed by atoms with E-state index in [-0.39, 0.29) is 16.9 Å². The van der Waals surface area contributed by atoms with Gasteiger partial charge in [0.1, 0.15) is 4.90 Å². The average Bonchev–Trinajstić information content (AvgIpc) is 2.94. The molecular weight excluding hydrogens is 314 g/mol. The van der Waals surface area contributed by atoms with E-state index in [0.717, 1.165) is 5.69 Å². The Morgan fingerprint density at radius 2 is 2.05 bits per heavy atom. The Balaban J connectivity index is 2.27. The Kier molecular flexibility index (Phi) is 4.19. The SMILES string of the molecule is CC(C)(C)c1csc(NS(=O)(=O)c2ccsc2CN)n1. The Morgan fingerprint density at radius 1 is 1.35 bits per heavy atom. The van der Waals surface area contributed by atoms with Gasteiger partial charge < -0.3 is 5.73 Å². The number of anilines is 1. The zero-order chi connectivity index (χ0) is 15.0. The highest BCUT2D eigenvalue weighted by atomic mass is 32.2. The molecule has 0 fully saturated rings. The fraction of sp³-hybridized carbons (Fsp3) is 0.417. The number of hydrogen-bond donors (Lipinski definition) is 2. The smallest absolute Gasteiger partial charge is 0.264 e. The van der Waals surface area contributed by atoms with E-state index in [1.165, 1.54) is 22.7 Å². The highest BCUT2D eigenvalue weighted by molar-refractivity contribution is 7.93. The third kappa shape index (κ3) is 3.20. The molecule has 5 nitrogen and oxygen atoms in total. The van der Waals surface area contributed by atoms with Gasteiger partial charge in [-0.15, -0.1) is 22.7 Å². The van der Waals surface area contributed by atoms with E-state index in [2.05, 4.69) is 9.71 Å². The van der Waals surface area contributed by atoms with E-state index in [1.54, 1.807) is 11.4 Å². The monoisotopic (exact) mass is 331 g/mol. The number of hydrogen-bond acceptors (Lipinski definition) is 6. The van der Waals surface area contributed by atoms with Gasteiger partial charge in [0.25, 0.3) is 10.0 Å². The van der Waals surface area contributed by atoms with Crippen LogP contribution in [0, 0.1) is 0 Å². The Bertz CT molecular complexity index is 696. The van der Waals surface area contributed by atoms with Crippen molar-refractivity contribution in [1.82, 2.24) is 4.98 Å². The molecular formula is C12H17N3O2S3. The number of aromatic nitrogens is 1. The van der Waals surface area contributed by atoms with Crippen LogP contribution in [0.15, 0.2) is 21.7 Å². The van der Waals surface area contributed by atoms with Crippen LogP contribution in [0.4, 0.5) is 5.13 Å². The van der Waals surface area contributed by atoms with E-state index in [4.69, 9.17) is 5.73 Å². The van der Waals surface area contributed by atoms with E-state index in [0.29, 0.717) is 10.0 Å². The van der Waals surface area contributed by atoms with E-state index in [1.807, 2.05) is 26.2 Å². The van der Waals surface area contributed by atoms with Crippen LogP contribution in [0.1, 0.15) is 31.3 Å². The molecule has 2 heterocycles. The maximum absolute atomic E-state index is 12.3. The highest BCUT2D eigenvalue weighted by Gasteiger charge is 2.22. The molecule has 3 N–H and O–H groups in total. The minimum Gasteiger partial charge on any atom is -0.326 e. The zero-order valence-corrected chi connectivity index (χ0v) is 14.0. The molecule has 0 spiro atoms. The number of rotatable bonds is 4. The van der Waals surface area contributed by atoms with Crippen LogP contribution in [0.25, 0.3) is 0 Å². The van der Waals surface area contributed by atoms with Gasteiger partial charge in [-0.2, -0.15) is 0 Å². The number of thiophene rings is 1. The third-order valence-corrected chi connectivity index (χ3v) is 6.06. The summed E-state index contributed by atoms with van der Waals surface area (Å²) in [5, 5.41) is 3.97. The van der Waals surface area contributed by atoms with Gasteiger partial charge in [-0.1, -0.05) is 20.8 Å². The summed E-state index contributed by atoms with van der Waals surface area (Å²) >= 11 is 2.62. The second-order valence-electron chi connectivity index (χ2n) is 5.31. The summed E-state index contributed by atoms with van der Waals surface area (Å²) < 4.78 is 27.1.